The molecule has 0 saturated heterocycles. The van der Waals surface area contributed by atoms with E-state index < -0.39 is 5.97 Å². The van der Waals surface area contributed by atoms with E-state index in [9.17, 15) is 15.0 Å². The van der Waals surface area contributed by atoms with Crippen LogP contribution in [0, 0.1) is 46.3 Å². The Morgan fingerprint density at radius 1 is 0.973 bits per heavy atom. The molecule has 0 heterocycles. The molecule has 6 nitrogen and oxygen atoms in total. The zero-order valence-corrected chi connectivity index (χ0v) is 24.0. The maximum absolute atomic E-state index is 11.6. The third kappa shape index (κ3) is 6.23. The van der Waals surface area contributed by atoms with Crippen LogP contribution in [0.2, 0.25) is 0 Å². The maximum atomic E-state index is 11.6. The lowest BCUT2D eigenvalue weighted by atomic mass is 9.43. The third-order valence-electron chi connectivity index (χ3n) is 12.0. The molecule has 0 aromatic carbocycles. The van der Waals surface area contributed by atoms with Crippen molar-refractivity contribution in [3.05, 3.63) is 0 Å². The van der Waals surface area contributed by atoms with Gasteiger partial charge in [0.05, 0.1) is 6.10 Å². The molecule has 4 saturated carbocycles. The summed E-state index contributed by atoms with van der Waals surface area (Å²) in [5.41, 5.74) is 6.19. The molecule has 0 radical (unpaired) electrons. The van der Waals surface area contributed by atoms with Crippen LogP contribution in [0.1, 0.15) is 104 Å². The standard InChI is InChI=1S/C31H57N3O3/c1-21(7-10-28(36)37)24-8-9-25-29-26(12-14-31(24,25)3)30(2)13-11-23(19-22(30)20-27(29)35)34-18-6-17-33-16-5-4-15-32/h21-27,29,33-35H,4-20,32H2,1-3H3,(H,36,37)/t21?,22-,23-,24-,25?,26?,27?,29?,30+,31-/m1/s1. The number of nitrogens with one attached hydrogen (secondary N) is 2. The predicted molar refractivity (Wildman–Crippen MR) is 150 cm³/mol. The Morgan fingerprint density at radius 3 is 2.46 bits per heavy atom. The average Bonchev–Trinajstić information content (AvgIpc) is 3.22. The van der Waals surface area contributed by atoms with Crippen molar-refractivity contribution in [3.63, 3.8) is 0 Å². The second-order valence-corrected chi connectivity index (χ2v) is 14.0. The topological polar surface area (TPSA) is 108 Å². The Bertz CT molecular complexity index is 749. The van der Waals surface area contributed by atoms with Crippen LogP contribution in [0.4, 0.5) is 0 Å². The molecule has 0 bridgehead atoms. The molecule has 37 heavy (non-hydrogen) atoms. The lowest BCUT2D eigenvalue weighted by Gasteiger charge is -2.62. The zero-order valence-electron chi connectivity index (χ0n) is 24.0. The second kappa shape index (κ2) is 12.7. The summed E-state index contributed by atoms with van der Waals surface area (Å²) in [4.78, 5) is 11.2. The molecule has 4 fully saturated rings. The molecule has 0 aliphatic heterocycles. The number of hydrogen-bond acceptors (Lipinski definition) is 5. The maximum Gasteiger partial charge on any atom is 0.303 e. The Kier molecular flexibility index (Phi) is 10.0. The van der Waals surface area contributed by atoms with Gasteiger partial charge in [-0.2, -0.15) is 0 Å². The van der Waals surface area contributed by atoms with Crippen molar-refractivity contribution in [1.82, 2.24) is 10.6 Å². The number of aliphatic carboxylic acids is 1. The molecule has 10 atom stereocenters. The number of carboxylic acid groups (broad SMARTS) is 1. The fourth-order valence-electron chi connectivity index (χ4n) is 9.97. The summed E-state index contributed by atoms with van der Waals surface area (Å²) in [6.07, 6.45) is 14.1. The van der Waals surface area contributed by atoms with Crippen LogP contribution in [-0.4, -0.2) is 54.5 Å². The summed E-state index contributed by atoms with van der Waals surface area (Å²) < 4.78 is 0. The summed E-state index contributed by atoms with van der Waals surface area (Å²) >= 11 is 0. The normalized spacial score (nSPS) is 42.0. The van der Waals surface area contributed by atoms with E-state index >= 15 is 0 Å². The summed E-state index contributed by atoms with van der Waals surface area (Å²) in [6, 6.07) is 0.596. The Morgan fingerprint density at radius 2 is 1.70 bits per heavy atom. The van der Waals surface area contributed by atoms with Crippen LogP contribution in [0.25, 0.3) is 0 Å². The van der Waals surface area contributed by atoms with Crippen LogP contribution in [0.3, 0.4) is 0 Å². The van der Waals surface area contributed by atoms with Gasteiger partial charge in [-0.25, -0.2) is 0 Å². The molecule has 0 spiro atoms. The number of fused-ring (bicyclic) bond motifs is 5. The van der Waals surface area contributed by atoms with E-state index in [0.29, 0.717) is 47.0 Å². The van der Waals surface area contributed by atoms with Crippen molar-refractivity contribution < 1.29 is 15.0 Å². The molecular weight excluding hydrogens is 462 g/mol. The number of carboxylic acids is 1. The predicted octanol–water partition coefficient (Wildman–Crippen LogP) is 4.79. The molecule has 6 heteroatoms. The van der Waals surface area contributed by atoms with Crippen molar-refractivity contribution in [1.29, 1.82) is 0 Å². The summed E-state index contributed by atoms with van der Waals surface area (Å²) in [5, 5.41) is 28.2. The van der Waals surface area contributed by atoms with E-state index in [2.05, 4.69) is 31.4 Å². The van der Waals surface area contributed by atoms with Gasteiger partial charge in [0.15, 0.2) is 0 Å². The van der Waals surface area contributed by atoms with Gasteiger partial charge < -0.3 is 26.6 Å². The molecule has 214 valence electrons. The van der Waals surface area contributed by atoms with Crippen LogP contribution >= 0.6 is 0 Å². The van der Waals surface area contributed by atoms with E-state index in [1.165, 1.54) is 57.8 Å². The highest BCUT2D eigenvalue weighted by Gasteiger charge is 2.62. The van der Waals surface area contributed by atoms with Gasteiger partial charge in [0, 0.05) is 12.5 Å². The zero-order chi connectivity index (χ0) is 26.6. The molecular formula is C31H57N3O3. The molecule has 4 aliphatic rings. The van der Waals surface area contributed by atoms with Gasteiger partial charge in [0.2, 0.25) is 0 Å². The van der Waals surface area contributed by atoms with Crippen LogP contribution in [0.5, 0.6) is 0 Å². The first-order valence-corrected chi connectivity index (χ1v) is 15.7. The molecule has 4 rings (SSSR count). The minimum absolute atomic E-state index is 0.169. The van der Waals surface area contributed by atoms with E-state index in [4.69, 9.17) is 5.73 Å². The summed E-state index contributed by atoms with van der Waals surface area (Å²) in [7, 11) is 0. The number of nitrogens with two attached hydrogens (primary N) is 1. The van der Waals surface area contributed by atoms with Gasteiger partial charge in [-0.1, -0.05) is 20.8 Å². The number of aliphatic hydroxyl groups is 1. The Balaban J connectivity index is 1.31. The molecule has 0 aromatic rings. The van der Waals surface area contributed by atoms with Gasteiger partial charge in [-0.3, -0.25) is 4.79 Å². The summed E-state index contributed by atoms with van der Waals surface area (Å²) in [5.74, 6) is 2.69. The molecule has 0 amide bonds. The average molecular weight is 520 g/mol. The first kappa shape index (κ1) is 29.3. The van der Waals surface area contributed by atoms with Crippen molar-refractivity contribution in [3.8, 4) is 0 Å². The number of rotatable bonds is 13. The molecule has 4 aliphatic carbocycles. The van der Waals surface area contributed by atoms with Gasteiger partial charge in [0.1, 0.15) is 0 Å². The molecule has 6 N–H and O–H groups in total. The van der Waals surface area contributed by atoms with Crippen molar-refractivity contribution in [2.45, 2.75) is 116 Å². The number of carbonyl (C=O) groups is 1. The van der Waals surface area contributed by atoms with Gasteiger partial charge in [0.25, 0.3) is 0 Å². The van der Waals surface area contributed by atoms with Crippen LogP contribution in [0.15, 0.2) is 0 Å². The van der Waals surface area contributed by atoms with Gasteiger partial charge >= 0.3 is 5.97 Å². The minimum atomic E-state index is -0.669. The smallest absolute Gasteiger partial charge is 0.303 e. The van der Waals surface area contributed by atoms with E-state index in [1.54, 1.807) is 0 Å². The van der Waals surface area contributed by atoms with Crippen LogP contribution < -0.4 is 16.4 Å². The largest absolute Gasteiger partial charge is 0.481 e. The first-order valence-electron chi connectivity index (χ1n) is 15.7. The summed E-state index contributed by atoms with van der Waals surface area (Å²) in [6.45, 7) is 11.4. The lowest BCUT2D eigenvalue weighted by Crippen LogP contribution is -2.59. The third-order valence-corrected chi connectivity index (χ3v) is 12.0. The van der Waals surface area contributed by atoms with Crippen molar-refractivity contribution >= 4 is 5.97 Å². The SMILES string of the molecule is CC(CCC(=O)O)[C@H]1CCC2C3C(O)C[C@H]4C[C@H](NCCCNCCCCN)CC[C@]4(C)C3CC[C@@]21C. The monoisotopic (exact) mass is 519 g/mol. The van der Waals surface area contributed by atoms with E-state index in [-0.39, 0.29) is 17.9 Å². The highest BCUT2D eigenvalue weighted by Crippen LogP contribution is 2.68. The number of unbranched alkanes of at least 4 members (excludes halogenated alkanes) is 1. The molecule has 0 aromatic heterocycles. The lowest BCUT2D eigenvalue weighted by molar-refractivity contribution is -0.167. The fourth-order valence-corrected chi connectivity index (χ4v) is 9.97. The van der Waals surface area contributed by atoms with E-state index in [1.807, 2.05) is 0 Å². The van der Waals surface area contributed by atoms with Crippen molar-refractivity contribution in [2.75, 3.05) is 26.2 Å². The number of aliphatic hydroxyl groups excluding tert-OH is 1. The second-order valence-electron chi connectivity index (χ2n) is 14.0. The number of hydrogen-bond donors (Lipinski definition) is 5. The first-order chi connectivity index (χ1) is 17.7. The van der Waals surface area contributed by atoms with E-state index in [0.717, 1.165) is 45.4 Å². The van der Waals surface area contributed by atoms with Gasteiger partial charge in [-0.05, 0) is 150 Å². The Hall–Kier alpha value is -0.690. The fraction of sp³-hybridized carbons (Fsp3) is 0.968. The highest BCUT2D eigenvalue weighted by molar-refractivity contribution is 5.66. The minimum Gasteiger partial charge on any atom is -0.481 e. The Labute approximate surface area is 226 Å². The quantitative estimate of drug-likeness (QED) is 0.224. The van der Waals surface area contributed by atoms with Crippen LogP contribution in [-0.2, 0) is 4.79 Å². The molecule has 5 unspecified atom stereocenters. The highest BCUT2D eigenvalue weighted by atomic mass is 16.4. The van der Waals surface area contributed by atoms with Gasteiger partial charge in [-0.15, -0.1) is 0 Å². The van der Waals surface area contributed by atoms with Crippen molar-refractivity contribution in [2.24, 2.45) is 52.1 Å².